The number of anilines is 1. The molecule has 196 valence electrons. The van der Waals surface area contributed by atoms with Crippen molar-refractivity contribution in [1.29, 1.82) is 10.5 Å². The van der Waals surface area contributed by atoms with Crippen LogP contribution in [-0.2, 0) is 7.05 Å². The molecule has 4 aromatic rings. The van der Waals surface area contributed by atoms with Crippen LogP contribution in [0.2, 0.25) is 5.02 Å². The van der Waals surface area contributed by atoms with Crippen LogP contribution in [-0.4, -0.2) is 49.6 Å². The van der Waals surface area contributed by atoms with Crippen molar-refractivity contribution in [2.24, 2.45) is 7.05 Å². The molecule has 0 amide bonds. The van der Waals surface area contributed by atoms with Gasteiger partial charge < -0.3 is 9.47 Å². The van der Waals surface area contributed by atoms with Gasteiger partial charge in [-0.3, -0.25) is 9.69 Å². The van der Waals surface area contributed by atoms with Crippen molar-refractivity contribution in [3.05, 3.63) is 92.4 Å². The highest BCUT2D eigenvalue weighted by Crippen LogP contribution is 2.37. The van der Waals surface area contributed by atoms with Gasteiger partial charge in [0.05, 0.1) is 17.2 Å². The van der Waals surface area contributed by atoms with E-state index in [2.05, 4.69) is 50.7 Å². The Morgan fingerprint density at radius 1 is 0.974 bits per heavy atom. The first-order valence-electron chi connectivity index (χ1n) is 12.6. The van der Waals surface area contributed by atoms with Crippen molar-refractivity contribution in [3.63, 3.8) is 0 Å². The maximum atomic E-state index is 13.2. The molecule has 1 unspecified atom stereocenters. The number of nitrogens with zero attached hydrogens (tertiary/aromatic N) is 8. The molecule has 1 aromatic carbocycles. The van der Waals surface area contributed by atoms with Gasteiger partial charge in [-0.1, -0.05) is 23.7 Å². The van der Waals surface area contributed by atoms with Crippen LogP contribution in [0.4, 0.5) is 5.69 Å². The van der Waals surface area contributed by atoms with Crippen LogP contribution in [0.3, 0.4) is 0 Å². The highest BCUT2D eigenvalue weighted by Gasteiger charge is 2.37. The quantitative estimate of drug-likeness (QED) is 0.381. The summed E-state index contributed by atoms with van der Waals surface area (Å²) in [6, 6.07) is 15.1. The maximum Gasteiger partial charge on any atom is 0.270 e. The Balaban J connectivity index is 1.61. The van der Waals surface area contributed by atoms with Crippen LogP contribution >= 0.6 is 11.6 Å². The SMILES string of the molecule is Cc1ncc(C(c2ccc(Cl)cc2)N2C[C@H](C)N(c3c(C#N)c(=O)n(C)c4ccc(C#N)nc34)C[C@H]2C)cn1. The summed E-state index contributed by atoms with van der Waals surface area (Å²) in [6.07, 6.45) is 3.72. The van der Waals surface area contributed by atoms with E-state index in [-0.39, 0.29) is 34.9 Å². The van der Waals surface area contributed by atoms with E-state index in [1.165, 1.54) is 4.57 Å². The van der Waals surface area contributed by atoms with Crippen LogP contribution in [0.1, 0.15) is 48.1 Å². The van der Waals surface area contributed by atoms with Crippen LogP contribution in [0, 0.1) is 29.6 Å². The zero-order chi connectivity index (χ0) is 27.8. The molecule has 10 heteroatoms. The lowest BCUT2D eigenvalue weighted by molar-refractivity contribution is 0.129. The molecule has 3 atom stereocenters. The van der Waals surface area contributed by atoms with Crippen molar-refractivity contribution in [1.82, 2.24) is 24.4 Å². The Bertz CT molecular complexity index is 1640. The van der Waals surface area contributed by atoms with Gasteiger partial charge >= 0.3 is 0 Å². The third-order valence-corrected chi connectivity index (χ3v) is 7.65. The highest BCUT2D eigenvalue weighted by atomic mass is 35.5. The van der Waals surface area contributed by atoms with Gasteiger partial charge in [0.15, 0.2) is 0 Å². The lowest BCUT2D eigenvalue weighted by atomic mass is 9.94. The first-order chi connectivity index (χ1) is 18.7. The zero-order valence-corrected chi connectivity index (χ0v) is 22.9. The summed E-state index contributed by atoms with van der Waals surface area (Å²) in [6.45, 7) is 7.22. The molecular weight excluding hydrogens is 512 g/mol. The van der Waals surface area contributed by atoms with Gasteiger partial charge in [0.1, 0.15) is 34.7 Å². The first-order valence-corrected chi connectivity index (χ1v) is 13.0. The van der Waals surface area contributed by atoms with E-state index < -0.39 is 0 Å². The minimum absolute atomic E-state index is 0.00739. The standard InChI is InChI=1S/C29H27ClN8O/c1-17-16-38(28-24(12-32)29(39)36(4)25-10-9-23(11-31)35-26(25)28)18(2)15-37(17)27(20-5-7-22(30)8-6-20)21-13-33-19(3)34-14-21/h5-10,13-14,17-18,27H,15-16H2,1-4H3/t17-,18+,27?/m1/s1. The Morgan fingerprint density at radius 2 is 1.67 bits per heavy atom. The molecule has 0 aliphatic carbocycles. The molecule has 9 nitrogen and oxygen atoms in total. The number of hydrogen-bond acceptors (Lipinski definition) is 8. The van der Waals surface area contributed by atoms with Gasteiger partial charge in [-0.15, -0.1) is 0 Å². The number of halogens is 1. The fourth-order valence-electron chi connectivity index (χ4n) is 5.43. The monoisotopic (exact) mass is 538 g/mol. The zero-order valence-electron chi connectivity index (χ0n) is 22.1. The molecule has 0 radical (unpaired) electrons. The van der Waals surface area contributed by atoms with Crippen LogP contribution in [0.5, 0.6) is 0 Å². The Hall–Kier alpha value is -4.31. The molecule has 0 saturated carbocycles. The molecule has 39 heavy (non-hydrogen) atoms. The fourth-order valence-corrected chi connectivity index (χ4v) is 5.55. The smallest absolute Gasteiger partial charge is 0.270 e. The van der Waals surface area contributed by atoms with Crippen molar-refractivity contribution in [3.8, 4) is 12.1 Å². The van der Waals surface area contributed by atoms with E-state index in [1.54, 1.807) is 19.2 Å². The maximum absolute atomic E-state index is 13.2. The number of nitriles is 2. The lowest BCUT2D eigenvalue weighted by Crippen LogP contribution is -2.58. The number of fused-ring (bicyclic) bond motifs is 1. The molecule has 1 fully saturated rings. The van der Waals surface area contributed by atoms with Crippen LogP contribution in [0.15, 0.2) is 53.6 Å². The third kappa shape index (κ3) is 4.72. The van der Waals surface area contributed by atoms with Gasteiger partial charge in [0.25, 0.3) is 5.56 Å². The summed E-state index contributed by atoms with van der Waals surface area (Å²) in [5, 5.41) is 20.2. The summed E-state index contributed by atoms with van der Waals surface area (Å²) >= 11 is 6.20. The highest BCUT2D eigenvalue weighted by molar-refractivity contribution is 6.30. The number of pyridine rings is 2. The summed E-state index contributed by atoms with van der Waals surface area (Å²) in [7, 11) is 1.62. The van der Waals surface area contributed by atoms with Gasteiger partial charge in [-0.2, -0.15) is 10.5 Å². The molecular formula is C29H27ClN8O. The molecule has 1 aliphatic heterocycles. The molecule has 1 aliphatic rings. The number of hydrogen-bond donors (Lipinski definition) is 0. The number of rotatable bonds is 4. The molecule has 0 spiro atoms. The second kappa shape index (κ2) is 10.5. The normalized spacial score (nSPS) is 18.5. The van der Waals surface area contributed by atoms with Crippen molar-refractivity contribution in [2.45, 2.75) is 38.9 Å². The fraction of sp³-hybridized carbons (Fsp3) is 0.310. The van der Waals surface area contributed by atoms with Crippen LogP contribution in [0.25, 0.3) is 11.0 Å². The van der Waals surface area contributed by atoms with E-state index in [9.17, 15) is 15.3 Å². The van der Waals surface area contributed by atoms with Gasteiger partial charge in [0.2, 0.25) is 0 Å². The molecule has 5 rings (SSSR count). The van der Waals surface area contributed by atoms with Crippen LogP contribution < -0.4 is 10.5 Å². The molecule has 0 bridgehead atoms. The van der Waals surface area contributed by atoms with Gasteiger partial charge in [-0.05, 0) is 50.6 Å². The summed E-state index contributed by atoms with van der Waals surface area (Å²) in [5.41, 5.74) is 3.43. The molecule has 4 heterocycles. The van der Waals surface area contributed by atoms with Crippen molar-refractivity contribution in [2.75, 3.05) is 18.0 Å². The minimum Gasteiger partial charge on any atom is -0.363 e. The largest absolute Gasteiger partial charge is 0.363 e. The average Bonchev–Trinajstić information content (AvgIpc) is 2.94. The van der Waals surface area contributed by atoms with Crippen molar-refractivity contribution < 1.29 is 0 Å². The van der Waals surface area contributed by atoms with Gasteiger partial charge in [-0.25, -0.2) is 15.0 Å². The Morgan fingerprint density at radius 3 is 2.31 bits per heavy atom. The molecule has 0 N–H and O–H groups in total. The van der Waals surface area contributed by atoms with E-state index >= 15 is 0 Å². The number of benzene rings is 1. The number of aromatic nitrogens is 4. The second-order valence-electron chi connectivity index (χ2n) is 9.94. The number of aryl methyl sites for hydroxylation is 2. The second-order valence-corrected chi connectivity index (χ2v) is 10.4. The average molecular weight is 539 g/mol. The Kier molecular flexibility index (Phi) is 7.05. The summed E-state index contributed by atoms with van der Waals surface area (Å²) < 4.78 is 1.42. The van der Waals surface area contributed by atoms with E-state index in [0.717, 1.165) is 11.1 Å². The predicted octanol–water partition coefficient (Wildman–Crippen LogP) is 4.12. The topological polar surface area (TPSA) is 115 Å². The minimum atomic E-state index is -0.385. The molecule has 3 aromatic heterocycles. The molecule has 1 saturated heterocycles. The van der Waals surface area contributed by atoms with E-state index in [1.807, 2.05) is 43.6 Å². The van der Waals surface area contributed by atoms with Crippen molar-refractivity contribution >= 4 is 28.3 Å². The Labute approximate surface area is 231 Å². The number of piperazine rings is 1. The predicted molar refractivity (Wildman–Crippen MR) is 149 cm³/mol. The summed E-state index contributed by atoms with van der Waals surface area (Å²) in [4.78, 5) is 31.1. The van der Waals surface area contributed by atoms with Gasteiger partial charge in [0, 0.05) is 55.2 Å². The van der Waals surface area contributed by atoms with E-state index in [0.29, 0.717) is 40.7 Å². The van der Waals surface area contributed by atoms with E-state index in [4.69, 9.17) is 11.6 Å². The first kappa shape index (κ1) is 26.3. The summed E-state index contributed by atoms with van der Waals surface area (Å²) in [5.74, 6) is 0.700. The lowest BCUT2D eigenvalue weighted by Gasteiger charge is -2.48. The third-order valence-electron chi connectivity index (χ3n) is 7.40.